The molecule has 2 aromatic carbocycles. The van der Waals surface area contributed by atoms with Crippen LogP contribution < -0.4 is 22.5 Å². The van der Waals surface area contributed by atoms with E-state index in [9.17, 15) is 4.79 Å². The van der Waals surface area contributed by atoms with Crippen LogP contribution in [-0.2, 0) is 4.74 Å². The van der Waals surface area contributed by atoms with Gasteiger partial charge in [0.15, 0.2) is 0 Å². The zero-order valence-electron chi connectivity index (χ0n) is 15.6. The molecule has 0 fully saturated rings. The molecule has 0 unspecified atom stereocenters. The van der Waals surface area contributed by atoms with Crippen molar-refractivity contribution in [1.29, 1.82) is 0 Å². The first kappa shape index (κ1) is 20.5. The summed E-state index contributed by atoms with van der Waals surface area (Å²) in [4.78, 5) is 16.6. The highest BCUT2D eigenvalue weighted by Gasteiger charge is 2.12. The number of rotatable bonds is 6. The second-order valence-corrected chi connectivity index (χ2v) is 5.82. The Morgan fingerprint density at radius 1 is 1.04 bits per heavy atom. The summed E-state index contributed by atoms with van der Waals surface area (Å²) in [6.07, 6.45) is 0. The Morgan fingerprint density at radius 3 is 2.56 bits per heavy atom. The van der Waals surface area contributed by atoms with Crippen molar-refractivity contribution in [3.05, 3.63) is 59.8 Å². The molecule has 0 aliphatic rings. The number of aromatic nitrogens is 1. The average molecular weight is 386 g/mol. The van der Waals surface area contributed by atoms with E-state index in [4.69, 9.17) is 9.47 Å². The zero-order valence-corrected chi connectivity index (χ0v) is 16.3. The minimum absolute atomic E-state index is 0. The molecule has 27 heavy (non-hydrogen) atoms. The molecule has 142 valence electrons. The standard InChI is InChI=1S/C21H22N2O3.ClH/c1-4-25-20-9-7-6-8-18(20)23-19-12-14(3)22-17-11-10-15(13-16(17)19)21(24)26-5-2;/h6-13H,4-5H2,1-3H3,(H,22,23);1H/p-1. The zero-order chi connectivity index (χ0) is 18.5. The molecule has 0 saturated heterocycles. The van der Waals surface area contributed by atoms with Gasteiger partial charge in [-0.1, -0.05) is 12.1 Å². The number of halogens is 1. The van der Waals surface area contributed by atoms with Crippen LogP contribution >= 0.6 is 0 Å². The second kappa shape index (κ2) is 9.24. The molecule has 0 amide bonds. The number of pyridine rings is 1. The van der Waals surface area contributed by atoms with Gasteiger partial charge in [0.05, 0.1) is 30.0 Å². The molecule has 3 aromatic rings. The first-order valence-corrected chi connectivity index (χ1v) is 8.69. The number of aryl methyl sites for hydroxylation is 1. The van der Waals surface area contributed by atoms with Crippen LogP contribution in [0.3, 0.4) is 0 Å². The molecular formula is C21H22ClN2O3-. The van der Waals surface area contributed by atoms with Gasteiger partial charge >= 0.3 is 5.97 Å². The highest BCUT2D eigenvalue weighted by molar-refractivity contribution is 6.00. The third kappa shape index (κ3) is 4.68. The predicted molar refractivity (Wildman–Crippen MR) is 103 cm³/mol. The van der Waals surface area contributed by atoms with Crippen molar-refractivity contribution in [2.75, 3.05) is 18.5 Å². The summed E-state index contributed by atoms with van der Waals surface area (Å²) in [5.41, 5.74) is 3.94. The van der Waals surface area contributed by atoms with Crippen LogP contribution in [0.5, 0.6) is 5.75 Å². The Balaban J connectivity index is 0.00000261. The van der Waals surface area contributed by atoms with Gasteiger partial charge in [-0.05, 0) is 57.2 Å². The molecule has 1 N–H and O–H groups in total. The van der Waals surface area contributed by atoms with E-state index in [2.05, 4.69) is 10.3 Å². The van der Waals surface area contributed by atoms with E-state index in [1.54, 1.807) is 13.0 Å². The van der Waals surface area contributed by atoms with Crippen LogP contribution in [0, 0.1) is 6.92 Å². The molecule has 3 rings (SSSR count). The van der Waals surface area contributed by atoms with E-state index >= 15 is 0 Å². The Hall–Kier alpha value is -2.79. The number of carbonyl (C=O) groups is 1. The summed E-state index contributed by atoms with van der Waals surface area (Å²) >= 11 is 0. The number of hydrogen-bond acceptors (Lipinski definition) is 5. The molecule has 0 aliphatic heterocycles. The normalized spacial score (nSPS) is 10.2. The minimum Gasteiger partial charge on any atom is -1.00 e. The van der Waals surface area contributed by atoms with Crippen LogP contribution in [0.4, 0.5) is 11.4 Å². The number of nitrogens with one attached hydrogen (secondary N) is 1. The molecule has 0 aliphatic carbocycles. The Kier molecular flexibility index (Phi) is 7.02. The van der Waals surface area contributed by atoms with Gasteiger partial charge in [0.1, 0.15) is 5.75 Å². The van der Waals surface area contributed by atoms with Gasteiger partial charge in [0.2, 0.25) is 0 Å². The number of esters is 1. The largest absolute Gasteiger partial charge is 1.00 e. The highest BCUT2D eigenvalue weighted by atomic mass is 35.5. The number of carbonyl (C=O) groups excluding carboxylic acids is 1. The Labute approximate surface area is 165 Å². The molecule has 0 radical (unpaired) electrons. The SMILES string of the molecule is CCOC(=O)c1ccc2nc(C)cc(Nc3ccccc3OCC)c2c1.[Cl-]. The number of nitrogens with zero attached hydrogens (tertiary/aromatic N) is 1. The van der Waals surface area contributed by atoms with Gasteiger partial charge in [-0.15, -0.1) is 0 Å². The molecule has 5 nitrogen and oxygen atoms in total. The number of anilines is 2. The van der Waals surface area contributed by atoms with Gasteiger partial charge in [0, 0.05) is 16.8 Å². The summed E-state index contributed by atoms with van der Waals surface area (Å²) in [5.74, 6) is 0.440. The maximum atomic E-state index is 12.1. The number of benzene rings is 2. The lowest BCUT2D eigenvalue weighted by Crippen LogP contribution is -3.00. The highest BCUT2D eigenvalue weighted by Crippen LogP contribution is 2.32. The van der Waals surface area contributed by atoms with Crippen LogP contribution in [0.2, 0.25) is 0 Å². The third-order valence-corrected chi connectivity index (χ3v) is 3.90. The van der Waals surface area contributed by atoms with Crippen molar-refractivity contribution in [3.8, 4) is 5.75 Å². The minimum atomic E-state index is -0.337. The molecule has 0 spiro atoms. The maximum Gasteiger partial charge on any atom is 0.338 e. The fraction of sp³-hybridized carbons (Fsp3) is 0.238. The van der Waals surface area contributed by atoms with Crippen molar-refractivity contribution in [3.63, 3.8) is 0 Å². The Bertz CT molecular complexity index is 944. The van der Waals surface area contributed by atoms with E-state index in [1.807, 2.05) is 56.3 Å². The van der Waals surface area contributed by atoms with Gasteiger partial charge < -0.3 is 27.2 Å². The maximum absolute atomic E-state index is 12.1. The first-order valence-electron chi connectivity index (χ1n) is 8.69. The number of fused-ring (bicyclic) bond motifs is 1. The first-order chi connectivity index (χ1) is 12.6. The number of para-hydroxylation sites is 2. The van der Waals surface area contributed by atoms with Crippen molar-refractivity contribution in [1.82, 2.24) is 4.98 Å². The van der Waals surface area contributed by atoms with E-state index in [0.29, 0.717) is 18.8 Å². The summed E-state index contributed by atoms with van der Waals surface area (Å²) < 4.78 is 10.8. The van der Waals surface area contributed by atoms with Gasteiger partial charge in [-0.2, -0.15) is 0 Å². The lowest BCUT2D eigenvalue weighted by atomic mass is 10.1. The van der Waals surface area contributed by atoms with Crippen molar-refractivity contribution >= 4 is 28.2 Å². The summed E-state index contributed by atoms with van der Waals surface area (Å²) in [7, 11) is 0. The lowest BCUT2D eigenvalue weighted by Gasteiger charge is -2.15. The van der Waals surface area contributed by atoms with Gasteiger partial charge in [-0.25, -0.2) is 4.79 Å². The lowest BCUT2D eigenvalue weighted by molar-refractivity contribution is -0.0000238. The van der Waals surface area contributed by atoms with Crippen LogP contribution in [0.1, 0.15) is 29.9 Å². The monoisotopic (exact) mass is 385 g/mol. The molecule has 0 saturated carbocycles. The fourth-order valence-corrected chi connectivity index (χ4v) is 2.80. The van der Waals surface area contributed by atoms with E-state index in [1.165, 1.54) is 0 Å². The van der Waals surface area contributed by atoms with E-state index in [0.717, 1.165) is 33.7 Å². The summed E-state index contributed by atoms with van der Waals surface area (Å²) in [6, 6.07) is 15.1. The number of ether oxygens (including phenoxy) is 2. The number of hydrogen-bond donors (Lipinski definition) is 1. The van der Waals surface area contributed by atoms with Crippen molar-refractivity contribution < 1.29 is 26.7 Å². The average Bonchev–Trinajstić information content (AvgIpc) is 2.63. The molecule has 1 aromatic heterocycles. The van der Waals surface area contributed by atoms with Crippen LogP contribution in [0.15, 0.2) is 48.5 Å². The summed E-state index contributed by atoms with van der Waals surface area (Å²) in [6.45, 7) is 6.62. The fourth-order valence-electron chi connectivity index (χ4n) is 2.80. The molecule has 6 heteroatoms. The second-order valence-electron chi connectivity index (χ2n) is 5.82. The van der Waals surface area contributed by atoms with E-state index < -0.39 is 0 Å². The molecule has 0 bridgehead atoms. The molecule has 0 atom stereocenters. The molecular weight excluding hydrogens is 364 g/mol. The molecule has 1 heterocycles. The van der Waals surface area contributed by atoms with Crippen molar-refractivity contribution in [2.24, 2.45) is 0 Å². The summed E-state index contributed by atoms with van der Waals surface area (Å²) in [5, 5.41) is 4.28. The predicted octanol–water partition coefficient (Wildman–Crippen LogP) is 1.87. The third-order valence-electron chi connectivity index (χ3n) is 3.90. The van der Waals surface area contributed by atoms with Gasteiger partial charge in [-0.3, -0.25) is 4.98 Å². The van der Waals surface area contributed by atoms with Crippen LogP contribution in [-0.4, -0.2) is 24.2 Å². The van der Waals surface area contributed by atoms with Crippen molar-refractivity contribution in [2.45, 2.75) is 20.8 Å². The Morgan fingerprint density at radius 2 is 1.81 bits per heavy atom. The topological polar surface area (TPSA) is 60.5 Å². The van der Waals surface area contributed by atoms with Gasteiger partial charge in [0.25, 0.3) is 0 Å². The smallest absolute Gasteiger partial charge is 0.338 e. The quantitative estimate of drug-likeness (QED) is 0.656. The van der Waals surface area contributed by atoms with Crippen LogP contribution in [0.25, 0.3) is 10.9 Å². The van der Waals surface area contributed by atoms with E-state index in [-0.39, 0.29) is 18.4 Å².